The second-order valence-corrected chi connectivity index (χ2v) is 5.62. The molecule has 4 nitrogen and oxygen atoms in total. The van der Waals surface area contributed by atoms with E-state index in [0.717, 1.165) is 5.56 Å². The lowest BCUT2D eigenvalue weighted by atomic mass is 10.1. The second kappa shape index (κ2) is 7.35. The zero-order valence-corrected chi connectivity index (χ0v) is 12.8. The number of hydrogen-bond acceptors (Lipinski definition) is 4. The van der Waals surface area contributed by atoms with Gasteiger partial charge in [0.05, 0.1) is 13.7 Å². The Morgan fingerprint density at radius 1 is 1.17 bits per heavy atom. The number of halogens is 4. The number of ether oxygens (including phenoxy) is 1. The number of hydrogen-bond donors (Lipinski definition) is 1. The molecule has 1 aliphatic heterocycles. The van der Waals surface area contributed by atoms with Crippen molar-refractivity contribution in [2.45, 2.75) is 18.9 Å². The van der Waals surface area contributed by atoms with Crippen LogP contribution >= 0.6 is 0 Å². The molecule has 1 aliphatic rings. The van der Waals surface area contributed by atoms with Gasteiger partial charge in [0.1, 0.15) is 0 Å². The molecule has 130 valence electrons. The van der Waals surface area contributed by atoms with E-state index < -0.39 is 18.9 Å². The molecule has 1 aromatic carbocycles. The molecule has 1 aromatic rings. The highest BCUT2D eigenvalue weighted by atomic mass is 19.3. The summed E-state index contributed by atoms with van der Waals surface area (Å²) in [5, 5.41) is 9.74. The van der Waals surface area contributed by atoms with Crippen LogP contribution in [0.15, 0.2) is 18.2 Å². The van der Waals surface area contributed by atoms with Crippen molar-refractivity contribution in [3.05, 3.63) is 23.8 Å². The average Bonchev–Trinajstić information content (AvgIpc) is 2.49. The highest BCUT2D eigenvalue weighted by molar-refractivity contribution is 5.41. The molecule has 0 amide bonds. The van der Waals surface area contributed by atoms with Gasteiger partial charge in [-0.25, -0.2) is 8.78 Å². The molecule has 0 saturated carbocycles. The second-order valence-electron chi connectivity index (χ2n) is 5.62. The smallest absolute Gasteiger partial charge is 0.319 e. The lowest BCUT2D eigenvalue weighted by molar-refractivity contribution is -0.145. The summed E-state index contributed by atoms with van der Waals surface area (Å²) in [6, 6.07) is 5.07. The van der Waals surface area contributed by atoms with Crippen molar-refractivity contribution in [1.29, 1.82) is 0 Å². The van der Waals surface area contributed by atoms with Gasteiger partial charge in [-0.1, -0.05) is 6.07 Å². The maximum Gasteiger partial charge on any atom is 0.319 e. The minimum Gasteiger partial charge on any atom is -0.504 e. The number of phenols is 1. The summed E-state index contributed by atoms with van der Waals surface area (Å²) in [6.07, 6.45) is -3.64. The Hall–Kier alpha value is -1.54. The van der Waals surface area contributed by atoms with Gasteiger partial charge in [-0.3, -0.25) is 9.80 Å². The van der Waals surface area contributed by atoms with Crippen molar-refractivity contribution in [2.24, 2.45) is 0 Å². The standard InChI is InChI=1S/C15H20F4N2O2/c1-23-13-3-2-11(8-12(13)22)9-20-4-6-21(7-5-20)10-15(18,19)14(16)17/h2-3,8,14,22H,4-7,9-10H2,1H3. The van der Waals surface area contributed by atoms with Crippen LogP contribution in [0.4, 0.5) is 17.6 Å². The van der Waals surface area contributed by atoms with E-state index >= 15 is 0 Å². The van der Waals surface area contributed by atoms with E-state index in [2.05, 4.69) is 0 Å². The molecule has 1 saturated heterocycles. The maximum absolute atomic E-state index is 13.0. The van der Waals surface area contributed by atoms with Gasteiger partial charge in [0.25, 0.3) is 0 Å². The average molecular weight is 336 g/mol. The molecule has 0 bridgehead atoms. The van der Waals surface area contributed by atoms with Crippen molar-refractivity contribution in [3.8, 4) is 11.5 Å². The van der Waals surface area contributed by atoms with E-state index in [9.17, 15) is 22.7 Å². The van der Waals surface area contributed by atoms with Crippen LogP contribution in [0.3, 0.4) is 0 Å². The quantitative estimate of drug-likeness (QED) is 0.810. The van der Waals surface area contributed by atoms with Crippen LogP contribution < -0.4 is 4.74 Å². The number of nitrogens with zero attached hydrogens (tertiary/aromatic N) is 2. The normalized spacial score (nSPS) is 17.7. The first-order chi connectivity index (χ1) is 10.8. The van der Waals surface area contributed by atoms with Gasteiger partial charge >= 0.3 is 12.3 Å². The molecular weight excluding hydrogens is 316 g/mol. The first-order valence-corrected chi connectivity index (χ1v) is 7.28. The monoisotopic (exact) mass is 336 g/mol. The number of rotatable bonds is 6. The summed E-state index contributed by atoms with van der Waals surface area (Å²) < 4.78 is 55.5. The van der Waals surface area contributed by atoms with Gasteiger partial charge in [0, 0.05) is 32.7 Å². The third kappa shape index (κ3) is 4.71. The summed E-state index contributed by atoms with van der Waals surface area (Å²) in [7, 11) is 1.46. The molecule has 23 heavy (non-hydrogen) atoms. The third-order valence-corrected chi connectivity index (χ3v) is 3.87. The molecule has 0 atom stereocenters. The number of benzene rings is 1. The minimum absolute atomic E-state index is 0.0419. The first kappa shape index (κ1) is 17.8. The Balaban J connectivity index is 1.84. The topological polar surface area (TPSA) is 35.9 Å². The predicted molar refractivity (Wildman–Crippen MR) is 77.3 cm³/mol. The Morgan fingerprint density at radius 3 is 2.30 bits per heavy atom. The van der Waals surface area contributed by atoms with E-state index in [1.165, 1.54) is 12.0 Å². The van der Waals surface area contributed by atoms with Gasteiger partial charge in [-0.15, -0.1) is 0 Å². The predicted octanol–water partition coefficient (Wildman–Crippen LogP) is 2.42. The number of phenolic OH excluding ortho intramolecular Hbond substituents is 1. The summed E-state index contributed by atoms with van der Waals surface area (Å²) in [5.74, 6) is -3.54. The number of aromatic hydroxyl groups is 1. The summed E-state index contributed by atoms with van der Waals surface area (Å²) in [6.45, 7) is 1.27. The van der Waals surface area contributed by atoms with E-state index in [1.807, 2.05) is 11.0 Å². The van der Waals surface area contributed by atoms with Crippen LogP contribution in [0.1, 0.15) is 5.56 Å². The largest absolute Gasteiger partial charge is 0.504 e. The molecule has 0 radical (unpaired) electrons. The van der Waals surface area contributed by atoms with E-state index in [4.69, 9.17) is 4.74 Å². The molecule has 1 N–H and O–H groups in total. The van der Waals surface area contributed by atoms with E-state index in [-0.39, 0.29) is 5.75 Å². The summed E-state index contributed by atoms with van der Waals surface area (Å²) in [5.41, 5.74) is 0.870. The summed E-state index contributed by atoms with van der Waals surface area (Å²) >= 11 is 0. The van der Waals surface area contributed by atoms with Crippen LogP contribution in [0, 0.1) is 0 Å². The Bertz CT molecular complexity index is 520. The van der Waals surface area contributed by atoms with Crippen molar-refractivity contribution in [2.75, 3.05) is 39.8 Å². The van der Waals surface area contributed by atoms with Crippen LogP contribution in [-0.4, -0.2) is 67.1 Å². The molecular formula is C15H20F4N2O2. The lowest BCUT2D eigenvalue weighted by Crippen LogP contribution is -2.51. The van der Waals surface area contributed by atoms with Crippen molar-refractivity contribution in [1.82, 2.24) is 9.80 Å². The van der Waals surface area contributed by atoms with Gasteiger partial charge in [-0.05, 0) is 17.7 Å². The van der Waals surface area contributed by atoms with Crippen LogP contribution in [0.5, 0.6) is 11.5 Å². The van der Waals surface area contributed by atoms with Crippen molar-refractivity contribution >= 4 is 0 Å². The number of alkyl halides is 4. The first-order valence-electron chi connectivity index (χ1n) is 7.28. The van der Waals surface area contributed by atoms with Crippen molar-refractivity contribution in [3.63, 3.8) is 0 Å². The van der Waals surface area contributed by atoms with E-state index in [1.54, 1.807) is 12.1 Å². The Morgan fingerprint density at radius 2 is 1.78 bits per heavy atom. The van der Waals surface area contributed by atoms with Crippen molar-refractivity contribution < 1.29 is 27.4 Å². The fourth-order valence-electron chi connectivity index (χ4n) is 2.56. The highest BCUT2D eigenvalue weighted by Crippen LogP contribution is 2.27. The van der Waals surface area contributed by atoms with Crippen LogP contribution in [0.2, 0.25) is 0 Å². The molecule has 0 aliphatic carbocycles. The van der Waals surface area contributed by atoms with Gasteiger partial charge in [-0.2, -0.15) is 8.78 Å². The van der Waals surface area contributed by atoms with E-state index in [0.29, 0.717) is 38.5 Å². The zero-order valence-electron chi connectivity index (χ0n) is 12.8. The fraction of sp³-hybridized carbons (Fsp3) is 0.600. The van der Waals surface area contributed by atoms with Crippen LogP contribution in [-0.2, 0) is 6.54 Å². The minimum atomic E-state index is -3.97. The fourth-order valence-corrected chi connectivity index (χ4v) is 2.56. The molecule has 0 unspecified atom stereocenters. The Labute approximate surface area is 132 Å². The molecule has 0 spiro atoms. The Kier molecular flexibility index (Phi) is 5.69. The number of piperazine rings is 1. The molecule has 0 aromatic heterocycles. The molecule has 1 fully saturated rings. The third-order valence-electron chi connectivity index (χ3n) is 3.87. The SMILES string of the molecule is COc1ccc(CN2CCN(CC(F)(F)C(F)F)CC2)cc1O. The molecule has 8 heteroatoms. The molecule has 2 rings (SSSR count). The maximum atomic E-state index is 13.0. The highest BCUT2D eigenvalue weighted by Gasteiger charge is 2.42. The lowest BCUT2D eigenvalue weighted by Gasteiger charge is -2.36. The summed E-state index contributed by atoms with van der Waals surface area (Å²) in [4.78, 5) is 3.38. The number of methoxy groups -OCH3 is 1. The van der Waals surface area contributed by atoms with Crippen LogP contribution in [0.25, 0.3) is 0 Å². The van der Waals surface area contributed by atoms with Gasteiger partial charge in [0.2, 0.25) is 0 Å². The van der Waals surface area contributed by atoms with Gasteiger partial charge < -0.3 is 9.84 Å². The zero-order chi connectivity index (χ0) is 17.0. The van der Waals surface area contributed by atoms with Gasteiger partial charge in [0.15, 0.2) is 11.5 Å². The molecule has 1 heterocycles.